The van der Waals surface area contributed by atoms with Crippen molar-refractivity contribution < 1.29 is 0 Å². The highest BCUT2D eigenvalue weighted by molar-refractivity contribution is 6.31. The summed E-state index contributed by atoms with van der Waals surface area (Å²) < 4.78 is 0. The molecule has 1 atom stereocenters. The smallest absolute Gasteiger partial charge is 0.0453 e. The summed E-state index contributed by atoms with van der Waals surface area (Å²) in [6, 6.07) is 8.11. The van der Waals surface area contributed by atoms with Crippen LogP contribution in [0.3, 0.4) is 0 Å². The van der Waals surface area contributed by atoms with Gasteiger partial charge in [-0.1, -0.05) is 29.8 Å². The molecule has 5 heteroatoms. The molecule has 0 radical (unpaired) electrons. The Labute approximate surface area is 108 Å². The Morgan fingerprint density at radius 3 is 2.47 bits per heavy atom. The van der Waals surface area contributed by atoms with Crippen LogP contribution in [0.15, 0.2) is 24.3 Å². The van der Waals surface area contributed by atoms with Crippen LogP contribution in [0.4, 0.5) is 0 Å². The molecule has 0 saturated heterocycles. The molecule has 0 aliphatic rings. The van der Waals surface area contributed by atoms with Crippen molar-refractivity contribution in [2.75, 3.05) is 13.1 Å². The molecule has 0 spiro atoms. The molecule has 0 aliphatic carbocycles. The van der Waals surface area contributed by atoms with Gasteiger partial charge in [-0.15, -0.1) is 24.8 Å². The maximum absolute atomic E-state index is 6.03. The second kappa shape index (κ2) is 9.25. The van der Waals surface area contributed by atoms with Crippen LogP contribution in [0.2, 0.25) is 5.02 Å². The number of nitrogens with two attached hydrogens (primary N) is 1. The Kier molecular flexibility index (Phi) is 10.7. The zero-order valence-corrected chi connectivity index (χ0v) is 11.0. The predicted molar refractivity (Wildman–Crippen MR) is 71.4 cm³/mol. The van der Waals surface area contributed by atoms with Crippen LogP contribution < -0.4 is 11.1 Å². The van der Waals surface area contributed by atoms with Gasteiger partial charge in [-0.3, -0.25) is 0 Å². The third-order valence-corrected chi connectivity index (χ3v) is 2.31. The average Bonchev–Trinajstić information content (AvgIpc) is 2.15. The van der Waals surface area contributed by atoms with Gasteiger partial charge in [0, 0.05) is 24.2 Å². The van der Waals surface area contributed by atoms with Gasteiger partial charge in [0.15, 0.2) is 0 Å². The molecule has 1 rings (SSSR count). The fraction of sp³-hybridized carbons (Fsp3) is 0.400. The van der Waals surface area contributed by atoms with Crippen molar-refractivity contribution in [1.82, 2.24) is 5.32 Å². The number of benzene rings is 1. The summed E-state index contributed by atoms with van der Waals surface area (Å²) in [6.45, 7) is 3.54. The lowest BCUT2D eigenvalue weighted by molar-refractivity contribution is 0.582. The molecule has 0 saturated carbocycles. The van der Waals surface area contributed by atoms with Crippen LogP contribution in [0.5, 0.6) is 0 Å². The molecule has 15 heavy (non-hydrogen) atoms. The molecule has 0 aromatic heterocycles. The predicted octanol–water partition coefficient (Wildman–Crippen LogP) is 2.79. The van der Waals surface area contributed by atoms with E-state index in [0.717, 1.165) is 17.1 Å². The van der Waals surface area contributed by atoms with E-state index in [-0.39, 0.29) is 30.9 Å². The number of rotatable bonds is 4. The lowest BCUT2D eigenvalue weighted by atomic mass is 10.1. The zero-order valence-electron chi connectivity index (χ0n) is 8.57. The SMILES string of the molecule is CC(NCCN)c1ccccc1Cl.Cl.Cl. The average molecular weight is 272 g/mol. The quantitative estimate of drug-likeness (QED) is 0.884. The van der Waals surface area contributed by atoms with Gasteiger partial charge in [0.05, 0.1) is 0 Å². The number of hydrogen-bond donors (Lipinski definition) is 2. The number of halogens is 3. The monoisotopic (exact) mass is 270 g/mol. The van der Waals surface area contributed by atoms with Crippen molar-refractivity contribution in [1.29, 1.82) is 0 Å². The minimum atomic E-state index is 0. The van der Waals surface area contributed by atoms with E-state index in [2.05, 4.69) is 12.2 Å². The van der Waals surface area contributed by atoms with Crippen molar-refractivity contribution in [2.45, 2.75) is 13.0 Å². The second-order valence-electron chi connectivity index (χ2n) is 2.99. The van der Waals surface area contributed by atoms with E-state index in [1.165, 1.54) is 0 Å². The summed E-state index contributed by atoms with van der Waals surface area (Å²) in [7, 11) is 0. The van der Waals surface area contributed by atoms with Gasteiger partial charge in [-0.2, -0.15) is 0 Å². The van der Waals surface area contributed by atoms with Gasteiger partial charge in [0.25, 0.3) is 0 Å². The molecule has 0 aliphatic heterocycles. The Morgan fingerprint density at radius 2 is 1.93 bits per heavy atom. The molecule has 3 N–H and O–H groups in total. The molecule has 1 unspecified atom stereocenters. The lowest BCUT2D eigenvalue weighted by Gasteiger charge is -2.14. The molecule has 0 heterocycles. The van der Waals surface area contributed by atoms with Crippen molar-refractivity contribution >= 4 is 36.4 Å². The molecule has 2 nitrogen and oxygen atoms in total. The van der Waals surface area contributed by atoms with E-state index in [4.69, 9.17) is 17.3 Å². The fourth-order valence-corrected chi connectivity index (χ4v) is 1.54. The first-order valence-corrected chi connectivity index (χ1v) is 4.81. The van der Waals surface area contributed by atoms with Crippen molar-refractivity contribution in [3.8, 4) is 0 Å². The highest BCUT2D eigenvalue weighted by atomic mass is 35.5. The first-order chi connectivity index (χ1) is 6.25. The summed E-state index contributed by atoms with van der Waals surface area (Å²) in [5.74, 6) is 0. The minimum absolute atomic E-state index is 0. The minimum Gasteiger partial charge on any atom is -0.329 e. The second-order valence-corrected chi connectivity index (χ2v) is 3.39. The van der Waals surface area contributed by atoms with Crippen LogP contribution in [0.25, 0.3) is 0 Å². The van der Waals surface area contributed by atoms with Crippen molar-refractivity contribution in [3.05, 3.63) is 34.9 Å². The third kappa shape index (κ3) is 5.59. The molecule has 0 amide bonds. The van der Waals surface area contributed by atoms with Crippen molar-refractivity contribution in [3.63, 3.8) is 0 Å². The first kappa shape index (κ1) is 17.4. The third-order valence-electron chi connectivity index (χ3n) is 1.97. The zero-order chi connectivity index (χ0) is 9.68. The van der Waals surface area contributed by atoms with Gasteiger partial charge in [0.2, 0.25) is 0 Å². The molecular formula is C10H17Cl3N2. The highest BCUT2D eigenvalue weighted by Crippen LogP contribution is 2.21. The maximum Gasteiger partial charge on any atom is 0.0453 e. The van der Waals surface area contributed by atoms with Crippen LogP contribution in [0, 0.1) is 0 Å². The van der Waals surface area contributed by atoms with E-state index in [0.29, 0.717) is 6.54 Å². The molecule has 0 fully saturated rings. The van der Waals surface area contributed by atoms with Crippen LogP contribution in [0.1, 0.15) is 18.5 Å². The van der Waals surface area contributed by atoms with E-state index >= 15 is 0 Å². The fourth-order valence-electron chi connectivity index (χ4n) is 1.24. The van der Waals surface area contributed by atoms with Crippen LogP contribution >= 0.6 is 36.4 Å². The molecule has 0 bridgehead atoms. The van der Waals surface area contributed by atoms with Crippen LogP contribution in [-0.4, -0.2) is 13.1 Å². The largest absolute Gasteiger partial charge is 0.329 e. The molecule has 1 aromatic rings. The topological polar surface area (TPSA) is 38.0 Å². The summed E-state index contributed by atoms with van der Waals surface area (Å²) >= 11 is 6.03. The van der Waals surface area contributed by atoms with E-state index < -0.39 is 0 Å². The van der Waals surface area contributed by atoms with Gasteiger partial charge >= 0.3 is 0 Å². The van der Waals surface area contributed by atoms with Crippen molar-refractivity contribution in [2.24, 2.45) is 5.73 Å². The number of hydrogen-bond acceptors (Lipinski definition) is 2. The first-order valence-electron chi connectivity index (χ1n) is 4.43. The summed E-state index contributed by atoms with van der Waals surface area (Å²) in [4.78, 5) is 0. The lowest BCUT2D eigenvalue weighted by Crippen LogP contribution is -2.25. The Hall–Kier alpha value is 0.01000. The van der Waals surface area contributed by atoms with Gasteiger partial charge < -0.3 is 11.1 Å². The molecule has 88 valence electrons. The Bertz CT molecular complexity index is 269. The maximum atomic E-state index is 6.03. The summed E-state index contributed by atoms with van der Waals surface area (Å²) in [5.41, 5.74) is 6.52. The van der Waals surface area contributed by atoms with E-state index in [1.807, 2.05) is 24.3 Å². The summed E-state index contributed by atoms with van der Waals surface area (Å²) in [6.07, 6.45) is 0. The summed E-state index contributed by atoms with van der Waals surface area (Å²) in [5, 5.41) is 4.09. The van der Waals surface area contributed by atoms with Gasteiger partial charge in [0.1, 0.15) is 0 Å². The van der Waals surface area contributed by atoms with Gasteiger partial charge in [-0.25, -0.2) is 0 Å². The van der Waals surface area contributed by atoms with E-state index in [1.54, 1.807) is 0 Å². The normalized spacial score (nSPS) is 11.1. The van der Waals surface area contributed by atoms with E-state index in [9.17, 15) is 0 Å². The molecular weight excluding hydrogens is 254 g/mol. The van der Waals surface area contributed by atoms with Crippen LogP contribution in [-0.2, 0) is 0 Å². The van der Waals surface area contributed by atoms with Gasteiger partial charge in [-0.05, 0) is 18.6 Å². The Morgan fingerprint density at radius 1 is 1.33 bits per heavy atom. The molecule has 1 aromatic carbocycles. The standard InChI is InChI=1S/C10H15ClN2.2ClH/c1-8(13-7-6-12)9-4-2-3-5-10(9)11;;/h2-5,8,13H,6-7,12H2,1H3;2*1H. The Balaban J connectivity index is 0. The number of nitrogens with one attached hydrogen (secondary N) is 1. The highest BCUT2D eigenvalue weighted by Gasteiger charge is 2.06.